The van der Waals surface area contributed by atoms with E-state index in [4.69, 9.17) is 4.52 Å². The van der Waals surface area contributed by atoms with Gasteiger partial charge in [0.05, 0.1) is 5.39 Å². The van der Waals surface area contributed by atoms with E-state index in [2.05, 4.69) is 17.3 Å². The normalized spacial score (nSPS) is 14.2. The van der Waals surface area contributed by atoms with Crippen LogP contribution in [-0.2, 0) is 12.8 Å². The van der Waals surface area contributed by atoms with E-state index in [1.54, 1.807) is 4.90 Å². The highest BCUT2D eigenvalue weighted by Gasteiger charge is 2.30. The van der Waals surface area contributed by atoms with E-state index in [0.717, 1.165) is 18.2 Å². The second kappa shape index (κ2) is 4.98. The number of likely N-dealkylation sites (N-methyl/N-ethyl adjacent to an activating group) is 1. The molecule has 1 aromatic heterocycles. The van der Waals surface area contributed by atoms with Crippen LogP contribution in [0.4, 0.5) is 0 Å². The maximum absolute atomic E-state index is 12.8. The van der Waals surface area contributed by atoms with Gasteiger partial charge in [0.1, 0.15) is 5.52 Å². The van der Waals surface area contributed by atoms with Crippen molar-refractivity contribution < 1.29 is 9.32 Å². The first-order valence-electron chi connectivity index (χ1n) is 7.42. The molecule has 0 atom stereocenters. The molecule has 4 heteroatoms. The van der Waals surface area contributed by atoms with Crippen molar-refractivity contribution in [3.8, 4) is 0 Å². The molecule has 1 amide bonds. The molecule has 1 heterocycles. The van der Waals surface area contributed by atoms with Crippen LogP contribution in [0.3, 0.4) is 0 Å². The lowest BCUT2D eigenvalue weighted by Gasteiger charge is -2.23. The molecule has 0 aliphatic heterocycles. The molecule has 0 saturated carbocycles. The van der Waals surface area contributed by atoms with Crippen LogP contribution in [0.2, 0.25) is 0 Å². The van der Waals surface area contributed by atoms with Gasteiger partial charge < -0.3 is 9.42 Å². The third kappa shape index (κ3) is 1.99. The Morgan fingerprint density at radius 1 is 1.09 bits per heavy atom. The molecular weight excluding hydrogens is 276 g/mol. The second-order valence-electron chi connectivity index (χ2n) is 5.78. The number of amides is 1. The largest absolute Gasteiger partial charge is 0.350 e. The molecule has 0 fully saturated rings. The number of carbonyl (C=O) groups excluding carboxylic acids is 1. The van der Waals surface area contributed by atoms with Crippen LogP contribution in [0.5, 0.6) is 0 Å². The lowest BCUT2D eigenvalue weighted by molar-refractivity contribution is 0.0698. The molecule has 0 bridgehead atoms. The summed E-state index contributed by atoms with van der Waals surface area (Å²) in [6.07, 6.45) is 1.79. The van der Waals surface area contributed by atoms with E-state index in [9.17, 15) is 4.79 Å². The van der Waals surface area contributed by atoms with Gasteiger partial charge >= 0.3 is 0 Å². The van der Waals surface area contributed by atoms with E-state index >= 15 is 0 Å². The average molecular weight is 292 g/mol. The van der Waals surface area contributed by atoms with Gasteiger partial charge in [0.25, 0.3) is 5.91 Å². The third-order valence-electron chi connectivity index (χ3n) is 4.48. The molecule has 0 radical (unpaired) electrons. The third-order valence-corrected chi connectivity index (χ3v) is 4.48. The molecule has 2 aromatic carbocycles. The van der Waals surface area contributed by atoms with E-state index in [0.29, 0.717) is 11.3 Å². The van der Waals surface area contributed by atoms with Crippen LogP contribution >= 0.6 is 0 Å². The Hall–Kier alpha value is -2.62. The number of carbonyl (C=O) groups is 1. The minimum atomic E-state index is -0.105. The molecule has 4 nitrogen and oxygen atoms in total. The summed E-state index contributed by atoms with van der Waals surface area (Å²) in [5.41, 5.74) is 3.37. The highest BCUT2D eigenvalue weighted by Crippen LogP contribution is 2.27. The van der Waals surface area contributed by atoms with Gasteiger partial charge in [-0.15, -0.1) is 0 Å². The summed E-state index contributed by atoms with van der Waals surface area (Å²) < 4.78 is 5.29. The van der Waals surface area contributed by atoms with Gasteiger partial charge in [-0.25, -0.2) is 0 Å². The minimum Gasteiger partial charge on any atom is -0.350 e. The first kappa shape index (κ1) is 13.1. The lowest BCUT2D eigenvalue weighted by Crippen LogP contribution is -2.37. The summed E-state index contributed by atoms with van der Waals surface area (Å²) in [6.45, 7) is 0. The van der Waals surface area contributed by atoms with Crippen LogP contribution in [0.25, 0.3) is 10.9 Å². The monoisotopic (exact) mass is 292 g/mol. The Morgan fingerprint density at radius 2 is 1.73 bits per heavy atom. The quantitative estimate of drug-likeness (QED) is 0.729. The van der Waals surface area contributed by atoms with Crippen LogP contribution in [0.1, 0.15) is 21.7 Å². The van der Waals surface area contributed by atoms with Crippen LogP contribution < -0.4 is 0 Å². The maximum Gasteiger partial charge on any atom is 0.293 e. The van der Waals surface area contributed by atoms with Crippen molar-refractivity contribution in [3.63, 3.8) is 0 Å². The van der Waals surface area contributed by atoms with Crippen molar-refractivity contribution in [2.45, 2.75) is 18.9 Å². The summed E-state index contributed by atoms with van der Waals surface area (Å²) in [6, 6.07) is 16.0. The highest BCUT2D eigenvalue weighted by molar-refractivity contribution is 6.03. The van der Waals surface area contributed by atoms with Crippen molar-refractivity contribution in [3.05, 3.63) is 65.4 Å². The molecule has 1 aliphatic rings. The average Bonchev–Trinajstić information content (AvgIpc) is 3.17. The number of hydrogen-bond acceptors (Lipinski definition) is 3. The Bertz CT molecular complexity index is 828. The highest BCUT2D eigenvalue weighted by atomic mass is 16.5. The Balaban J connectivity index is 1.61. The Morgan fingerprint density at radius 3 is 2.45 bits per heavy atom. The zero-order valence-corrected chi connectivity index (χ0v) is 12.3. The molecule has 110 valence electrons. The van der Waals surface area contributed by atoms with E-state index < -0.39 is 0 Å². The SMILES string of the molecule is CN(C(=O)c1onc2ccccc12)C1Cc2ccccc2C1. The van der Waals surface area contributed by atoms with Gasteiger partial charge in [-0.2, -0.15) is 0 Å². The van der Waals surface area contributed by atoms with Gasteiger partial charge in [0.2, 0.25) is 5.76 Å². The molecule has 1 aliphatic carbocycles. The molecule has 0 unspecified atom stereocenters. The zero-order chi connectivity index (χ0) is 15.1. The fourth-order valence-corrected chi connectivity index (χ4v) is 3.18. The van der Waals surface area contributed by atoms with Crippen molar-refractivity contribution in [2.75, 3.05) is 7.05 Å². The van der Waals surface area contributed by atoms with Crippen molar-refractivity contribution >= 4 is 16.8 Å². The van der Waals surface area contributed by atoms with Crippen LogP contribution in [-0.4, -0.2) is 29.1 Å². The van der Waals surface area contributed by atoms with Gasteiger partial charge in [0.15, 0.2) is 0 Å². The predicted molar refractivity (Wildman–Crippen MR) is 83.7 cm³/mol. The maximum atomic E-state index is 12.8. The fraction of sp³-hybridized carbons (Fsp3) is 0.222. The fourth-order valence-electron chi connectivity index (χ4n) is 3.18. The number of aromatic nitrogens is 1. The summed E-state index contributed by atoms with van der Waals surface area (Å²) in [5.74, 6) is 0.223. The van der Waals surface area contributed by atoms with Gasteiger partial charge in [-0.3, -0.25) is 4.79 Å². The number of benzene rings is 2. The topological polar surface area (TPSA) is 46.3 Å². The summed E-state index contributed by atoms with van der Waals surface area (Å²) >= 11 is 0. The summed E-state index contributed by atoms with van der Waals surface area (Å²) in [7, 11) is 1.84. The predicted octanol–water partition coefficient (Wildman–Crippen LogP) is 3.07. The number of rotatable bonds is 2. The molecule has 0 saturated heterocycles. The van der Waals surface area contributed by atoms with Crippen LogP contribution in [0.15, 0.2) is 53.1 Å². The van der Waals surface area contributed by atoms with E-state index in [1.165, 1.54) is 11.1 Å². The molecular formula is C18H16N2O2. The minimum absolute atomic E-state index is 0.105. The number of hydrogen-bond donors (Lipinski definition) is 0. The van der Waals surface area contributed by atoms with E-state index in [-0.39, 0.29) is 11.9 Å². The van der Waals surface area contributed by atoms with Gasteiger partial charge in [-0.05, 0) is 36.1 Å². The number of nitrogens with zero attached hydrogens (tertiary/aromatic N) is 2. The summed E-state index contributed by atoms with van der Waals surface area (Å²) in [5, 5.41) is 4.74. The summed E-state index contributed by atoms with van der Waals surface area (Å²) in [4.78, 5) is 14.5. The van der Waals surface area contributed by atoms with Crippen molar-refractivity contribution in [1.29, 1.82) is 0 Å². The van der Waals surface area contributed by atoms with E-state index in [1.807, 2.05) is 43.4 Å². The molecule has 0 N–H and O–H groups in total. The van der Waals surface area contributed by atoms with Gasteiger partial charge in [-0.1, -0.05) is 41.6 Å². The van der Waals surface area contributed by atoms with Crippen molar-refractivity contribution in [2.24, 2.45) is 0 Å². The molecule has 3 aromatic rings. The Kier molecular flexibility index (Phi) is 2.96. The molecule has 4 rings (SSSR count). The first-order chi connectivity index (χ1) is 10.7. The molecule has 0 spiro atoms. The van der Waals surface area contributed by atoms with Crippen LogP contribution in [0, 0.1) is 0 Å². The van der Waals surface area contributed by atoms with Gasteiger partial charge in [0, 0.05) is 13.1 Å². The second-order valence-corrected chi connectivity index (χ2v) is 5.78. The standard InChI is InChI=1S/C18H16N2O2/c1-20(14-10-12-6-2-3-7-13(12)11-14)18(21)17-15-8-4-5-9-16(15)19-22-17/h2-9,14H,10-11H2,1H3. The van der Waals surface area contributed by atoms with Crippen molar-refractivity contribution in [1.82, 2.24) is 10.1 Å². The molecule has 22 heavy (non-hydrogen) atoms. The first-order valence-corrected chi connectivity index (χ1v) is 7.42. The zero-order valence-electron chi connectivity index (χ0n) is 12.3. The Labute approximate surface area is 128 Å². The lowest BCUT2D eigenvalue weighted by atomic mass is 10.1. The number of fused-ring (bicyclic) bond motifs is 2. The smallest absolute Gasteiger partial charge is 0.293 e.